The number of hydroxylamine groups is 1. The third kappa shape index (κ3) is 5.40. The maximum absolute atomic E-state index is 13.5. The van der Waals surface area contributed by atoms with Crippen LogP contribution < -0.4 is 15.5 Å². The van der Waals surface area contributed by atoms with Gasteiger partial charge in [0, 0.05) is 29.8 Å². The molecular weight excluding hydrogens is 490 g/mol. The lowest BCUT2D eigenvalue weighted by atomic mass is 9.83. The molecular formula is C27H29N5O4S. The second-order valence-corrected chi connectivity index (χ2v) is 10.3. The second-order valence-electron chi connectivity index (χ2n) is 9.25. The first-order chi connectivity index (χ1) is 18.0. The maximum atomic E-state index is 13.5. The molecule has 0 saturated carbocycles. The molecule has 0 aliphatic carbocycles. The summed E-state index contributed by atoms with van der Waals surface area (Å²) in [7, 11) is 1.52. The molecule has 10 heteroatoms. The highest BCUT2D eigenvalue weighted by molar-refractivity contribution is 8.14. The molecule has 3 aromatic rings. The van der Waals surface area contributed by atoms with Crippen molar-refractivity contribution in [1.29, 1.82) is 0 Å². The van der Waals surface area contributed by atoms with E-state index in [4.69, 9.17) is 9.72 Å². The fourth-order valence-corrected chi connectivity index (χ4v) is 5.82. The highest BCUT2D eigenvalue weighted by atomic mass is 32.2. The van der Waals surface area contributed by atoms with E-state index in [0.29, 0.717) is 37.2 Å². The quantitative estimate of drug-likeness (QED) is 0.337. The minimum atomic E-state index is -0.798. The number of piperidine rings is 1. The fourth-order valence-electron chi connectivity index (χ4n) is 4.91. The van der Waals surface area contributed by atoms with Crippen molar-refractivity contribution in [1.82, 2.24) is 20.7 Å². The number of rotatable bonds is 6. The molecule has 0 spiro atoms. The van der Waals surface area contributed by atoms with Gasteiger partial charge in [-0.2, -0.15) is 0 Å². The van der Waals surface area contributed by atoms with Crippen molar-refractivity contribution in [2.45, 2.75) is 24.8 Å². The number of likely N-dealkylation sites (tertiary alicyclic amines) is 1. The van der Waals surface area contributed by atoms with Gasteiger partial charge in [0.05, 0.1) is 42.4 Å². The summed E-state index contributed by atoms with van der Waals surface area (Å²) in [5, 5.41) is 14.3. The molecule has 1 saturated heterocycles. The van der Waals surface area contributed by atoms with Gasteiger partial charge in [-0.15, -0.1) is 0 Å². The molecule has 0 atom stereocenters. The van der Waals surface area contributed by atoms with E-state index in [9.17, 15) is 14.8 Å². The highest BCUT2D eigenvalue weighted by Crippen LogP contribution is 2.32. The molecule has 2 aromatic carbocycles. The number of thioether (sulfide) groups is 1. The van der Waals surface area contributed by atoms with E-state index < -0.39 is 11.4 Å². The minimum Gasteiger partial charge on any atom is -0.496 e. The summed E-state index contributed by atoms with van der Waals surface area (Å²) in [5.74, 6) is 0.527. The number of pyridine rings is 1. The first kappa shape index (κ1) is 25.0. The van der Waals surface area contributed by atoms with Crippen molar-refractivity contribution >= 4 is 39.6 Å². The number of carbonyl (C=O) groups excluding carboxylic acids is 2. The zero-order valence-corrected chi connectivity index (χ0v) is 21.4. The summed E-state index contributed by atoms with van der Waals surface area (Å²) in [5.41, 5.74) is 3.78. The van der Waals surface area contributed by atoms with E-state index in [2.05, 4.69) is 15.2 Å². The number of hydrogen-bond acceptors (Lipinski definition) is 8. The molecule has 5 rings (SSSR count). The molecule has 192 valence electrons. The van der Waals surface area contributed by atoms with Crippen molar-refractivity contribution in [3.63, 3.8) is 0 Å². The van der Waals surface area contributed by atoms with Gasteiger partial charge in [0.1, 0.15) is 5.75 Å². The van der Waals surface area contributed by atoms with Crippen LogP contribution in [0.15, 0.2) is 59.6 Å². The Morgan fingerprint density at radius 1 is 1.14 bits per heavy atom. The Balaban J connectivity index is 1.37. The first-order valence-corrected chi connectivity index (χ1v) is 13.2. The topological polar surface area (TPSA) is 116 Å². The van der Waals surface area contributed by atoms with Crippen LogP contribution in [0.25, 0.3) is 22.2 Å². The molecule has 9 nitrogen and oxygen atoms in total. The number of aromatic nitrogens is 1. The molecule has 0 radical (unpaired) electrons. The SMILES string of the molecule is COc1cc(-c2ccc3ccccc3n2)ccc1C(=O)NC1(CC(=O)NO)CCN(C2=NCCS2)CC1. The average Bonchev–Trinajstić information content (AvgIpc) is 3.48. The number of nitrogens with zero attached hydrogens (tertiary/aromatic N) is 3. The van der Waals surface area contributed by atoms with Crippen LogP contribution >= 0.6 is 11.8 Å². The van der Waals surface area contributed by atoms with Gasteiger partial charge in [0.25, 0.3) is 5.91 Å². The molecule has 0 bridgehead atoms. The zero-order chi connectivity index (χ0) is 25.8. The normalized spacial score (nSPS) is 16.8. The predicted molar refractivity (Wildman–Crippen MR) is 144 cm³/mol. The largest absolute Gasteiger partial charge is 0.496 e. The van der Waals surface area contributed by atoms with Gasteiger partial charge in [-0.3, -0.25) is 19.8 Å². The van der Waals surface area contributed by atoms with Gasteiger partial charge in [-0.25, -0.2) is 10.5 Å². The summed E-state index contributed by atoms with van der Waals surface area (Å²) >= 11 is 1.73. The van der Waals surface area contributed by atoms with Gasteiger partial charge in [0.2, 0.25) is 5.91 Å². The lowest BCUT2D eigenvalue weighted by Crippen LogP contribution is -2.57. The fraction of sp³-hybridized carbons (Fsp3) is 0.333. The Morgan fingerprint density at radius 2 is 1.95 bits per heavy atom. The molecule has 1 aromatic heterocycles. The molecule has 3 N–H and O–H groups in total. The van der Waals surface area contributed by atoms with E-state index in [0.717, 1.165) is 39.6 Å². The van der Waals surface area contributed by atoms with Crippen LogP contribution in [0.4, 0.5) is 0 Å². The summed E-state index contributed by atoms with van der Waals surface area (Å²) in [4.78, 5) is 37.1. The monoisotopic (exact) mass is 519 g/mol. The number of amidine groups is 1. The van der Waals surface area contributed by atoms with Crippen molar-refractivity contribution in [3.05, 3.63) is 60.2 Å². The lowest BCUT2D eigenvalue weighted by molar-refractivity contribution is -0.131. The average molecular weight is 520 g/mol. The molecule has 37 heavy (non-hydrogen) atoms. The second kappa shape index (κ2) is 10.8. The van der Waals surface area contributed by atoms with Crippen LogP contribution in [0, 0.1) is 0 Å². The molecule has 2 aliphatic heterocycles. The maximum Gasteiger partial charge on any atom is 0.255 e. The third-order valence-corrected chi connectivity index (χ3v) is 7.94. The van der Waals surface area contributed by atoms with Gasteiger partial charge >= 0.3 is 0 Å². The van der Waals surface area contributed by atoms with Crippen LogP contribution in [0.3, 0.4) is 0 Å². The summed E-state index contributed by atoms with van der Waals surface area (Å²) < 4.78 is 5.59. The summed E-state index contributed by atoms with van der Waals surface area (Å²) in [6.45, 7) is 2.14. The van der Waals surface area contributed by atoms with E-state index in [1.807, 2.05) is 42.5 Å². The van der Waals surface area contributed by atoms with Gasteiger partial charge < -0.3 is 15.0 Å². The summed E-state index contributed by atoms with van der Waals surface area (Å²) in [6, 6.07) is 17.2. The zero-order valence-electron chi connectivity index (χ0n) is 20.6. The molecule has 2 aliphatic rings. The van der Waals surface area contributed by atoms with E-state index >= 15 is 0 Å². The van der Waals surface area contributed by atoms with Crippen molar-refractivity contribution < 1.29 is 19.5 Å². The summed E-state index contributed by atoms with van der Waals surface area (Å²) in [6.07, 6.45) is 1.07. The van der Waals surface area contributed by atoms with Gasteiger partial charge in [0.15, 0.2) is 5.17 Å². The van der Waals surface area contributed by atoms with Gasteiger partial charge in [-0.05, 0) is 37.1 Å². The standard InChI is InChI=1S/C27H29N5O4S/c1-36-23-16-19(22-9-7-18-4-2-3-5-21(18)29-22)6-8-20(23)25(34)30-27(17-24(33)31-35)10-13-32(14-11-27)26-28-12-15-37-26/h2-9,16,35H,10-15,17H2,1H3,(H,30,34)(H,31,33). The van der Waals surface area contributed by atoms with Crippen LogP contribution in [-0.4, -0.2) is 70.1 Å². The lowest BCUT2D eigenvalue weighted by Gasteiger charge is -2.42. The van der Waals surface area contributed by atoms with Crippen molar-refractivity contribution in [2.24, 2.45) is 4.99 Å². The molecule has 0 unspecified atom stereocenters. The minimum absolute atomic E-state index is 0.0237. The number of methoxy groups -OCH3 is 1. The smallest absolute Gasteiger partial charge is 0.255 e. The molecule has 1 fully saturated rings. The van der Waals surface area contributed by atoms with Crippen LogP contribution in [-0.2, 0) is 4.79 Å². The number of fused-ring (bicyclic) bond motifs is 1. The Hall–Kier alpha value is -3.63. The Kier molecular flexibility index (Phi) is 7.29. The number of ether oxygens (including phenoxy) is 1. The number of benzene rings is 2. The van der Waals surface area contributed by atoms with Crippen LogP contribution in [0.1, 0.15) is 29.6 Å². The van der Waals surface area contributed by atoms with E-state index in [1.54, 1.807) is 29.4 Å². The Bertz CT molecular complexity index is 1350. The number of para-hydroxylation sites is 1. The third-order valence-electron chi connectivity index (χ3n) is 6.90. The number of hydrogen-bond donors (Lipinski definition) is 3. The Labute approximate surface area is 219 Å². The van der Waals surface area contributed by atoms with Crippen LogP contribution in [0.2, 0.25) is 0 Å². The van der Waals surface area contributed by atoms with Crippen molar-refractivity contribution in [2.75, 3.05) is 32.5 Å². The Morgan fingerprint density at radius 3 is 2.68 bits per heavy atom. The number of nitrogens with one attached hydrogen (secondary N) is 2. The number of amides is 2. The van der Waals surface area contributed by atoms with Crippen molar-refractivity contribution in [3.8, 4) is 17.0 Å². The molecule has 3 heterocycles. The van der Waals surface area contributed by atoms with E-state index in [-0.39, 0.29) is 12.3 Å². The molecule has 2 amide bonds. The van der Waals surface area contributed by atoms with E-state index in [1.165, 1.54) is 7.11 Å². The first-order valence-electron chi connectivity index (χ1n) is 12.2. The number of aliphatic imine (C=N–C) groups is 1. The number of carbonyl (C=O) groups is 2. The van der Waals surface area contributed by atoms with Gasteiger partial charge in [-0.1, -0.05) is 42.1 Å². The van der Waals surface area contributed by atoms with Crippen LogP contribution in [0.5, 0.6) is 5.75 Å². The predicted octanol–water partition coefficient (Wildman–Crippen LogP) is 3.47. The highest BCUT2D eigenvalue weighted by Gasteiger charge is 2.39.